The van der Waals surface area contributed by atoms with Gasteiger partial charge in [-0.1, -0.05) is 6.07 Å². The van der Waals surface area contributed by atoms with Crippen LogP contribution in [0.3, 0.4) is 0 Å². The molecule has 5 heteroatoms. The van der Waals surface area contributed by atoms with Gasteiger partial charge < -0.3 is 10.2 Å². The first-order valence-corrected chi connectivity index (χ1v) is 8.77. The van der Waals surface area contributed by atoms with Crippen LogP contribution in [-0.2, 0) is 11.2 Å². The highest BCUT2D eigenvalue weighted by atomic mass is 32.2. The Balaban J connectivity index is 1.64. The third-order valence-corrected chi connectivity index (χ3v) is 5.72. The smallest absolute Gasteiger partial charge is 0.232 e. The zero-order valence-corrected chi connectivity index (χ0v) is 13.1. The summed E-state index contributed by atoms with van der Waals surface area (Å²) in [6, 6.07) is 4.20. The van der Waals surface area contributed by atoms with Crippen LogP contribution in [0.5, 0.6) is 0 Å². The lowest BCUT2D eigenvalue weighted by atomic mass is 10.2. The van der Waals surface area contributed by atoms with Gasteiger partial charge in [0.25, 0.3) is 0 Å². The Bertz CT molecular complexity index is 375. The molecule has 1 saturated heterocycles. The van der Waals surface area contributed by atoms with Crippen LogP contribution < -0.4 is 5.32 Å². The zero-order valence-electron chi connectivity index (χ0n) is 11.4. The second-order valence-corrected chi connectivity index (χ2v) is 7.23. The lowest BCUT2D eigenvalue weighted by molar-refractivity contribution is -0.127. The standard InChI is InChI=1S/C14H22N2OS2/c1-16(9-6-12-3-2-10-18-12)14(17)11-19-13-4-7-15-8-5-13/h2-3,10,13,15H,4-9,11H2,1H3. The van der Waals surface area contributed by atoms with Gasteiger partial charge in [-0.3, -0.25) is 4.79 Å². The van der Waals surface area contributed by atoms with Crippen molar-refractivity contribution in [2.75, 3.05) is 32.4 Å². The molecule has 1 aromatic rings. The third-order valence-electron chi connectivity index (χ3n) is 3.43. The number of hydrogen-bond acceptors (Lipinski definition) is 4. The van der Waals surface area contributed by atoms with Crippen molar-refractivity contribution in [2.24, 2.45) is 0 Å². The molecule has 0 aromatic carbocycles. The number of nitrogens with zero attached hydrogens (tertiary/aromatic N) is 1. The summed E-state index contributed by atoms with van der Waals surface area (Å²) in [7, 11) is 1.92. The van der Waals surface area contributed by atoms with Gasteiger partial charge in [0.05, 0.1) is 5.75 Å². The Morgan fingerprint density at radius 1 is 1.53 bits per heavy atom. The number of carbonyl (C=O) groups is 1. The van der Waals surface area contributed by atoms with Crippen molar-refractivity contribution in [1.29, 1.82) is 0 Å². The Morgan fingerprint density at radius 3 is 3.00 bits per heavy atom. The van der Waals surface area contributed by atoms with Crippen LogP contribution in [-0.4, -0.2) is 48.5 Å². The van der Waals surface area contributed by atoms with E-state index in [9.17, 15) is 4.79 Å². The predicted molar refractivity (Wildman–Crippen MR) is 84.0 cm³/mol. The summed E-state index contributed by atoms with van der Waals surface area (Å²) < 4.78 is 0. The molecular weight excluding hydrogens is 276 g/mol. The summed E-state index contributed by atoms with van der Waals surface area (Å²) in [6.45, 7) is 3.02. The Kier molecular flexibility index (Phi) is 6.20. The van der Waals surface area contributed by atoms with Gasteiger partial charge in [0, 0.05) is 23.7 Å². The molecule has 1 aliphatic rings. The minimum atomic E-state index is 0.264. The molecule has 1 N–H and O–H groups in total. The molecule has 106 valence electrons. The van der Waals surface area contributed by atoms with Crippen molar-refractivity contribution in [3.8, 4) is 0 Å². The van der Waals surface area contributed by atoms with E-state index in [1.54, 1.807) is 11.3 Å². The van der Waals surface area contributed by atoms with Gasteiger partial charge in [-0.2, -0.15) is 0 Å². The summed E-state index contributed by atoms with van der Waals surface area (Å²) in [6.07, 6.45) is 3.35. The summed E-state index contributed by atoms with van der Waals surface area (Å²) in [5.41, 5.74) is 0. The van der Waals surface area contributed by atoms with Crippen LogP contribution in [0.4, 0.5) is 0 Å². The van der Waals surface area contributed by atoms with E-state index >= 15 is 0 Å². The highest BCUT2D eigenvalue weighted by Crippen LogP contribution is 2.20. The van der Waals surface area contributed by atoms with E-state index in [0.717, 1.165) is 26.1 Å². The minimum absolute atomic E-state index is 0.264. The maximum atomic E-state index is 12.0. The monoisotopic (exact) mass is 298 g/mol. The van der Waals surface area contributed by atoms with Crippen molar-refractivity contribution in [3.63, 3.8) is 0 Å². The van der Waals surface area contributed by atoms with Crippen LogP contribution in [0.15, 0.2) is 17.5 Å². The van der Waals surface area contributed by atoms with E-state index in [4.69, 9.17) is 0 Å². The van der Waals surface area contributed by atoms with Gasteiger partial charge in [-0.15, -0.1) is 23.1 Å². The van der Waals surface area contributed by atoms with Gasteiger partial charge in [0.2, 0.25) is 5.91 Å². The van der Waals surface area contributed by atoms with Crippen LogP contribution in [0.2, 0.25) is 0 Å². The zero-order chi connectivity index (χ0) is 13.5. The SMILES string of the molecule is CN(CCc1cccs1)C(=O)CSC1CCNCC1. The number of likely N-dealkylation sites (N-methyl/N-ethyl adjacent to an activating group) is 1. The fraction of sp³-hybridized carbons (Fsp3) is 0.643. The minimum Gasteiger partial charge on any atom is -0.345 e. The van der Waals surface area contributed by atoms with Crippen LogP contribution in [0.25, 0.3) is 0 Å². The number of carbonyl (C=O) groups excluding carboxylic acids is 1. The summed E-state index contributed by atoms with van der Waals surface area (Å²) in [4.78, 5) is 15.3. The summed E-state index contributed by atoms with van der Waals surface area (Å²) >= 11 is 3.59. The highest BCUT2D eigenvalue weighted by molar-refractivity contribution is 8.00. The van der Waals surface area contributed by atoms with Crippen LogP contribution >= 0.6 is 23.1 Å². The lowest BCUT2D eigenvalue weighted by Crippen LogP contribution is -2.33. The van der Waals surface area contributed by atoms with Crippen molar-refractivity contribution in [3.05, 3.63) is 22.4 Å². The molecule has 0 aliphatic carbocycles. The number of thioether (sulfide) groups is 1. The van der Waals surface area contributed by atoms with Gasteiger partial charge in [0.1, 0.15) is 0 Å². The molecule has 1 aliphatic heterocycles. The van der Waals surface area contributed by atoms with Gasteiger partial charge in [-0.25, -0.2) is 0 Å². The van der Waals surface area contributed by atoms with Crippen LogP contribution in [0.1, 0.15) is 17.7 Å². The molecular formula is C14H22N2OS2. The lowest BCUT2D eigenvalue weighted by Gasteiger charge is -2.23. The number of nitrogens with one attached hydrogen (secondary N) is 1. The molecule has 0 atom stereocenters. The van der Waals surface area contributed by atoms with Crippen molar-refractivity contribution < 1.29 is 4.79 Å². The average molecular weight is 298 g/mol. The number of thiophene rings is 1. The molecule has 2 rings (SSSR count). The molecule has 1 fully saturated rings. The fourth-order valence-corrected chi connectivity index (χ4v) is 3.98. The fourth-order valence-electron chi connectivity index (χ4n) is 2.12. The van der Waals surface area contributed by atoms with E-state index in [2.05, 4.69) is 22.8 Å². The number of amides is 1. The second kappa shape index (κ2) is 7.92. The first kappa shape index (κ1) is 14.9. The first-order valence-electron chi connectivity index (χ1n) is 6.84. The van der Waals surface area contributed by atoms with E-state index in [0.29, 0.717) is 11.0 Å². The Hall–Kier alpha value is -0.520. The molecule has 0 radical (unpaired) electrons. The van der Waals surface area contributed by atoms with Crippen molar-refractivity contribution in [1.82, 2.24) is 10.2 Å². The van der Waals surface area contributed by atoms with Crippen molar-refractivity contribution in [2.45, 2.75) is 24.5 Å². The molecule has 19 heavy (non-hydrogen) atoms. The van der Waals surface area contributed by atoms with E-state index in [1.807, 2.05) is 23.7 Å². The van der Waals surface area contributed by atoms with Crippen molar-refractivity contribution >= 4 is 29.0 Å². The molecule has 0 saturated carbocycles. The third kappa shape index (κ3) is 5.16. The highest BCUT2D eigenvalue weighted by Gasteiger charge is 2.16. The van der Waals surface area contributed by atoms with E-state index in [-0.39, 0.29) is 5.91 Å². The Morgan fingerprint density at radius 2 is 2.32 bits per heavy atom. The number of piperidine rings is 1. The van der Waals surface area contributed by atoms with E-state index < -0.39 is 0 Å². The van der Waals surface area contributed by atoms with Gasteiger partial charge in [-0.05, 0) is 43.8 Å². The molecule has 0 bridgehead atoms. The molecule has 0 unspecified atom stereocenters. The van der Waals surface area contributed by atoms with Crippen LogP contribution in [0, 0.1) is 0 Å². The maximum Gasteiger partial charge on any atom is 0.232 e. The molecule has 2 heterocycles. The molecule has 3 nitrogen and oxygen atoms in total. The van der Waals surface area contributed by atoms with E-state index in [1.165, 1.54) is 17.7 Å². The van der Waals surface area contributed by atoms with Gasteiger partial charge >= 0.3 is 0 Å². The molecule has 0 spiro atoms. The second-order valence-electron chi connectivity index (χ2n) is 4.91. The normalized spacial score (nSPS) is 16.5. The average Bonchev–Trinajstić information content (AvgIpc) is 2.96. The predicted octanol–water partition coefficient (Wildman–Crippen LogP) is 2.23. The largest absolute Gasteiger partial charge is 0.345 e. The van der Waals surface area contributed by atoms with Gasteiger partial charge in [0.15, 0.2) is 0 Å². The molecule has 1 amide bonds. The Labute approximate surface area is 123 Å². The summed E-state index contributed by atoms with van der Waals surface area (Å²) in [5.74, 6) is 0.895. The molecule has 1 aromatic heterocycles. The maximum absolute atomic E-state index is 12.0. The quantitative estimate of drug-likeness (QED) is 0.874. The topological polar surface area (TPSA) is 32.3 Å². The first-order chi connectivity index (χ1) is 9.25. The number of rotatable bonds is 6. The summed E-state index contributed by atoms with van der Waals surface area (Å²) in [5, 5.41) is 6.10. The number of hydrogen-bond donors (Lipinski definition) is 1.